The number of aromatic carboxylic acids is 2. The molecule has 7 nitrogen and oxygen atoms in total. The Balaban J connectivity index is 1.63. The van der Waals surface area contributed by atoms with E-state index in [2.05, 4.69) is 0 Å². The van der Waals surface area contributed by atoms with E-state index in [9.17, 15) is 24.9 Å². The van der Waals surface area contributed by atoms with Gasteiger partial charge in [0, 0.05) is 11.1 Å². The van der Waals surface area contributed by atoms with E-state index in [1.807, 2.05) is 42.5 Å². The van der Waals surface area contributed by atoms with Gasteiger partial charge < -0.3 is 24.5 Å². The lowest BCUT2D eigenvalue weighted by molar-refractivity contribution is 0.0655. The van der Waals surface area contributed by atoms with Crippen LogP contribution >= 0.6 is 0 Å². The first kappa shape index (κ1) is 20.5. The molecule has 5 aromatic rings. The zero-order valence-corrected chi connectivity index (χ0v) is 17.4. The molecule has 0 atom stereocenters. The molecule has 0 saturated carbocycles. The molecule has 0 aliphatic carbocycles. The third-order valence-corrected chi connectivity index (χ3v) is 5.77. The minimum absolute atomic E-state index is 0.260. The fourth-order valence-corrected chi connectivity index (χ4v) is 4.27. The van der Waals surface area contributed by atoms with Crippen molar-refractivity contribution in [2.75, 3.05) is 0 Å². The number of pyridine rings is 1. The number of carboxylic acid groups (broad SMARTS) is 2. The highest BCUT2D eigenvalue weighted by Gasteiger charge is 2.30. The van der Waals surface area contributed by atoms with Gasteiger partial charge in [-0.05, 0) is 35.4 Å². The predicted molar refractivity (Wildman–Crippen MR) is 122 cm³/mol. The summed E-state index contributed by atoms with van der Waals surface area (Å²) in [6.07, 6.45) is 0. The monoisotopic (exact) mass is 441 g/mol. The predicted octanol–water partition coefficient (Wildman–Crippen LogP) is 4.67. The number of carboxylic acids is 2. The molecule has 0 amide bonds. The Kier molecular flexibility index (Phi) is 4.95. The third-order valence-electron chi connectivity index (χ3n) is 5.77. The van der Waals surface area contributed by atoms with Gasteiger partial charge in [0.25, 0.3) is 0 Å². The van der Waals surface area contributed by atoms with E-state index in [-0.39, 0.29) is 28.8 Å². The molecule has 3 heterocycles. The second kappa shape index (κ2) is 7.96. The molecule has 0 bridgehead atoms. The van der Waals surface area contributed by atoms with Crippen LogP contribution in [0.15, 0.2) is 72.8 Å². The standard InChI is InChI=1S/C26H19NO6/c28-13-17-8-11-20-22(25(29)30)23(26(31)32)24-19(12-21(17)27(20)24)16-6-9-18(10-7-16)33-14-15-4-2-1-3-5-15/h1-12,28H,13-14H2,(H,29,30)(H,31,32). The van der Waals surface area contributed by atoms with Gasteiger partial charge in [-0.3, -0.25) is 0 Å². The highest BCUT2D eigenvalue weighted by atomic mass is 16.5. The minimum Gasteiger partial charge on any atom is -0.489 e. The molecule has 3 aromatic heterocycles. The number of hydrogen-bond acceptors (Lipinski definition) is 4. The fraction of sp³-hybridized carbons (Fsp3) is 0.0769. The Morgan fingerprint density at radius 3 is 2.15 bits per heavy atom. The highest BCUT2D eigenvalue weighted by Crippen LogP contribution is 2.39. The number of aliphatic hydroxyl groups excluding tert-OH is 1. The summed E-state index contributed by atoms with van der Waals surface area (Å²) in [6.45, 7) is 0.155. The van der Waals surface area contributed by atoms with Crippen molar-refractivity contribution in [3.05, 3.63) is 95.1 Å². The van der Waals surface area contributed by atoms with Crippen molar-refractivity contribution in [2.45, 2.75) is 13.2 Å². The van der Waals surface area contributed by atoms with Crippen molar-refractivity contribution in [3.63, 3.8) is 0 Å². The summed E-state index contributed by atoms with van der Waals surface area (Å²) in [7, 11) is 0. The number of benzene rings is 2. The van der Waals surface area contributed by atoms with E-state index in [1.54, 1.807) is 28.7 Å². The number of nitrogens with zero attached hydrogens (tertiary/aromatic N) is 1. The van der Waals surface area contributed by atoms with Crippen molar-refractivity contribution in [1.82, 2.24) is 4.40 Å². The van der Waals surface area contributed by atoms with Crippen molar-refractivity contribution in [2.24, 2.45) is 0 Å². The molecule has 33 heavy (non-hydrogen) atoms. The maximum Gasteiger partial charge on any atom is 0.338 e. The second-order valence-corrected chi connectivity index (χ2v) is 7.69. The van der Waals surface area contributed by atoms with E-state index < -0.39 is 11.9 Å². The van der Waals surface area contributed by atoms with Crippen molar-refractivity contribution in [1.29, 1.82) is 0 Å². The number of rotatable bonds is 7. The van der Waals surface area contributed by atoms with Gasteiger partial charge in [0.05, 0.1) is 23.2 Å². The van der Waals surface area contributed by atoms with E-state index in [1.165, 1.54) is 6.07 Å². The molecule has 0 radical (unpaired) electrons. The number of aromatic nitrogens is 1. The van der Waals surface area contributed by atoms with Gasteiger partial charge in [-0.1, -0.05) is 48.5 Å². The van der Waals surface area contributed by atoms with Crippen molar-refractivity contribution < 1.29 is 29.6 Å². The van der Waals surface area contributed by atoms with Crippen LogP contribution in [0.1, 0.15) is 31.8 Å². The molecule has 5 rings (SSSR count). The topological polar surface area (TPSA) is 108 Å². The lowest BCUT2D eigenvalue weighted by atomic mass is 10.0. The molecule has 0 saturated heterocycles. The second-order valence-electron chi connectivity index (χ2n) is 7.69. The van der Waals surface area contributed by atoms with Gasteiger partial charge in [-0.15, -0.1) is 0 Å². The summed E-state index contributed by atoms with van der Waals surface area (Å²) in [5, 5.41) is 29.4. The molecule has 0 unspecified atom stereocenters. The molecule has 0 spiro atoms. The number of carbonyl (C=O) groups is 2. The first-order valence-electron chi connectivity index (χ1n) is 10.3. The molecule has 0 aliphatic rings. The van der Waals surface area contributed by atoms with Gasteiger partial charge in [0.1, 0.15) is 23.5 Å². The summed E-state index contributed by atoms with van der Waals surface area (Å²) in [4.78, 5) is 24.1. The Labute approximate surface area is 188 Å². The molecular formula is C26H19NO6. The molecular weight excluding hydrogens is 422 g/mol. The number of hydrogen-bond donors (Lipinski definition) is 3. The quantitative estimate of drug-likeness (QED) is 0.339. The first-order chi connectivity index (χ1) is 16.0. The summed E-state index contributed by atoms with van der Waals surface area (Å²) >= 11 is 0. The van der Waals surface area contributed by atoms with Crippen LogP contribution in [-0.4, -0.2) is 31.7 Å². The highest BCUT2D eigenvalue weighted by molar-refractivity contribution is 6.16. The van der Waals surface area contributed by atoms with Crippen LogP contribution in [0.4, 0.5) is 0 Å². The Morgan fingerprint density at radius 2 is 1.52 bits per heavy atom. The largest absolute Gasteiger partial charge is 0.489 e. The number of ether oxygens (including phenoxy) is 1. The zero-order valence-electron chi connectivity index (χ0n) is 17.4. The van der Waals surface area contributed by atoms with Gasteiger partial charge in [0.2, 0.25) is 0 Å². The summed E-state index contributed by atoms with van der Waals surface area (Å²) in [6, 6.07) is 21.9. The van der Waals surface area contributed by atoms with Gasteiger partial charge in [0.15, 0.2) is 0 Å². The maximum absolute atomic E-state index is 12.1. The molecule has 0 fully saturated rings. The Bertz CT molecular complexity index is 1490. The van der Waals surface area contributed by atoms with Crippen LogP contribution in [0.2, 0.25) is 0 Å². The third kappa shape index (κ3) is 3.35. The lowest BCUT2D eigenvalue weighted by Crippen LogP contribution is -2.05. The van der Waals surface area contributed by atoms with Gasteiger partial charge in [-0.25, -0.2) is 9.59 Å². The van der Waals surface area contributed by atoms with E-state index in [0.717, 1.165) is 5.56 Å². The van der Waals surface area contributed by atoms with Crippen LogP contribution < -0.4 is 4.74 Å². The van der Waals surface area contributed by atoms with E-state index in [4.69, 9.17) is 4.74 Å². The lowest BCUT2D eigenvalue weighted by Gasteiger charge is -2.07. The molecule has 2 aromatic carbocycles. The van der Waals surface area contributed by atoms with Crippen LogP contribution in [0.3, 0.4) is 0 Å². The summed E-state index contributed by atoms with van der Waals surface area (Å²) < 4.78 is 7.44. The van der Waals surface area contributed by atoms with Crippen LogP contribution in [0.25, 0.3) is 27.7 Å². The Hall–Kier alpha value is -4.36. The molecule has 0 aliphatic heterocycles. The van der Waals surface area contributed by atoms with Crippen molar-refractivity contribution >= 4 is 28.5 Å². The smallest absolute Gasteiger partial charge is 0.338 e. The van der Waals surface area contributed by atoms with Crippen LogP contribution in [0.5, 0.6) is 5.75 Å². The van der Waals surface area contributed by atoms with Gasteiger partial charge in [-0.2, -0.15) is 0 Å². The minimum atomic E-state index is -1.32. The maximum atomic E-state index is 12.1. The molecule has 164 valence electrons. The van der Waals surface area contributed by atoms with Crippen molar-refractivity contribution in [3.8, 4) is 16.9 Å². The van der Waals surface area contributed by atoms with E-state index >= 15 is 0 Å². The molecule has 7 heteroatoms. The average molecular weight is 441 g/mol. The normalized spacial score (nSPS) is 11.3. The average Bonchev–Trinajstić information content (AvgIpc) is 3.38. The SMILES string of the molecule is O=C(O)c1c(C(=O)O)c2c(-c3ccc(OCc4ccccc4)cc3)cc3c(CO)ccc1n32. The molecule has 3 N–H and O–H groups in total. The van der Waals surface area contributed by atoms with Crippen LogP contribution in [-0.2, 0) is 13.2 Å². The number of aliphatic hydroxyl groups is 1. The Morgan fingerprint density at radius 1 is 0.818 bits per heavy atom. The zero-order chi connectivity index (χ0) is 23.1. The van der Waals surface area contributed by atoms with E-state index in [0.29, 0.717) is 34.6 Å². The summed E-state index contributed by atoms with van der Waals surface area (Å²) in [5.74, 6) is -1.98. The van der Waals surface area contributed by atoms with Crippen LogP contribution in [0, 0.1) is 0 Å². The fourth-order valence-electron chi connectivity index (χ4n) is 4.27. The summed E-state index contributed by atoms with van der Waals surface area (Å²) in [5.41, 5.74) is 3.49. The van der Waals surface area contributed by atoms with Gasteiger partial charge >= 0.3 is 11.9 Å². The first-order valence-corrected chi connectivity index (χ1v) is 10.3.